The second kappa shape index (κ2) is 8.24. The third kappa shape index (κ3) is 4.04. The number of aromatic hydroxyl groups is 1. The second-order valence-electron chi connectivity index (χ2n) is 7.51. The number of aliphatic hydroxyl groups is 1. The fourth-order valence-electron chi connectivity index (χ4n) is 3.81. The summed E-state index contributed by atoms with van der Waals surface area (Å²) in [6.45, 7) is 0. The van der Waals surface area contributed by atoms with E-state index < -0.39 is 12.0 Å². The molecule has 3 aromatic carbocycles. The van der Waals surface area contributed by atoms with Gasteiger partial charge >= 0.3 is 0 Å². The van der Waals surface area contributed by atoms with Crippen LogP contribution in [-0.4, -0.2) is 16.1 Å². The molecular weight excluding hydrogens is 388 g/mol. The van der Waals surface area contributed by atoms with Crippen molar-refractivity contribution in [2.24, 2.45) is 0 Å². The number of benzene rings is 3. The number of aliphatic hydroxyl groups excluding tert-OH is 1. The lowest BCUT2D eigenvalue weighted by molar-refractivity contribution is -0.130. The molecule has 4 nitrogen and oxygen atoms in total. The fraction of sp³-hybridized carbons (Fsp3) is 0.208. The Balaban J connectivity index is 1.50. The molecule has 6 heteroatoms. The zero-order valence-electron chi connectivity index (χ0n) is 16.1. The molecule has 0 saturated carbocycles. The zero-order chi connectivity index (χ0) is 21.3. The molecule has 0 unspecified atom stereocenters. The molecule has 1 saturated heterocycles. The number of phenolic OH excluding ortho intramolecular Hbond substituents is 1. The van der Waals surface area contributed by atoms with Crippen molar-refractivity contribution >= 4 is 5.91 Å². The molecule has 0 aromatic heterocycles. The van der Waals surface area contributed by atoms with Crippen LogP contribution in [0.4, 0.5) is 8.78 Å². The third-order valence-electron chi connectivity index (χ3n) is 5.55. The van der Waals surface area contributed by atoms with Gasteiger partial charge in [-0.05, 0) is 65.4 Å². The van der Waals surface area contributed by atoms with Crippen molar-refractivity contribution < 1.29 is 23.8 Å². The maximum absolute atomic E-state index is 13.2. The van der Waals surface area contributed by atoms with Crippen molar-refractivity contribution in [1.29, 1.82) is 0 Å². The number of phenols is 1. The Bertz CT molecular complexity index is 1050. The number of carbonyl (C=O) groups excluding carboxylic acids is 1. The average Bonchev–Trinajstić information content (AvgIpc) is 2.73. The molecule has 1 heterocycles. The average molecular weight is 409 g/mol. The van der Waals surface area contributed by atoms with Gasteiger partial charge in [-0.15, -0.1) is 0 Å². The molecule has 1 aliphatic rings. The molecule has 0 radical (unpaired) electrons. The molecule has 3 N–H and O–H groups in total. The summed E-state index contributed by atoms with van der Waals surface area (Å²) in [6.07, 6.45) is -0.0816. The summed E-state index contributed by atoms with van der Waals surface area (Å²) in [7, 11) is 0. The highest BCUT2D eigenvalue weighted by Gasteiger charge is 2.41. The normalized spacial score (nSPS) is 19.1. The summed E-state index contributed by atoms with van der Waals surface area (Å²) in [5.74, 6) is -1.19. The molecule has 1 aliphatic heterocycles. The van der Waals surface area contributed by atoms with Gasteiger partial charge in [0.05, 0.1) is 18.1 Å². The van der Waals surface area contributed by atoms with Crippen molar-refractivity contribution in [2.75, 3.05) is 0 Å². The number of nitrogens with one attached hydrogen (secondary N) is 1. The topological polar surface area (TPSA) is 69.6 Å². The van der Waals surface area contributed by atoms with Crippen molar-refractivity contribution in [1.82, 2.24) is 5.32 Å². The zero-order valence-corrected chi connectivity index (χ0v) is 16.1. The van der Waals surface area contributed by atoms with Crippen LogP contribution in [-0.2, 0) is 11.2 Å². The molecule has 4 rings (SSSR count). The summed E-state index contributed by atoms with van der Waals surface area (Å²) in [6, 6.07) is 16.4. The number of rotatable bonds is 6. The molecule has 0 aliphatic carbocycles. The van der Waals surface area contributed by atoms with Gasteiger partial charge in [-0.25, -0.2) is 8.78 Å². The molecular formula is C24H21F2NO3. The lowest BCUT2D eigenvalue weighted by atomic mass is 9.79. The van der Waals surface area contributed by atoms with Crippen molar-refractivity contribution in [3.63, 3.8) is 0 Å². The van der Waals surface area contributed by atoms with Crippen LogP contribution in [0.1, 0.15) is 46.7 Å². The van der Waals surface area contributed by atoms with Gasteiger partial charge in [0.2, 0.25) is 5.91 Å². The number of hydrogen-bond donors (Lipinski definition) is 3. The van der Waals surface area contributed by atoms with Gasteiger partial charge < -0.3 is 15.5 Å². The standard InChI is InChI=1S/C24H21F2NO3/c25-18-7-1-14(2-8-18)20(28)11-5-16-13-17(6-12-21(16)29)22-23(27-24(22)30)15-3-9-19(26)10-4-15/h1-4,6-10,12-13,20,22-23,28-29H,5,11H2,(H,27,30)/t20-,22+,23+/m0/s1. The highest BCUT2D eigenvalue weighted by atomic mass is 19.1. The molecule has 3 atom stereocenters. The molecule has 154 valence electrons. The van der Waals surface area contributed by atoms with Crippen molar-refractivity contribution in [3.05, 3.63) is 101 Å². The van der Waals surface area contributed by atoms with E-state index in [2.05, 4.69) is 5.32 Å². The molecule has 3 aromatic rings. The fourth-order valence-corrected chi connectivity index (χ4v) is 3.81. The van der Waals surface area contributed by atoms with Crippen LogP contribution >= 0.6 is 0 Å². The highest BCUT2D eigenvalue weighted by Crippen LogP contribution is 2.40. The summed E-state index contributed by atoms with van der Waals surface area (Å²) in [5, 5.41) is 23.4. The Labute approximate surface area is 172 Å². The lowest BCUT2D eigenvalue weighted by Gasteiger charge is -2.37. The summed E-state index contributed by atoms with van der Waals surface area (Å²) >= 11 is 0. The lowest BCUT2D eigenvalue weighted by Crippen LogP contribution is -2.49. The number of aryl methyl sites for hydroxylation is 1. The van der Waals surface area contributed by atoms with Gasteiger partial charge in [-0.2, -0.15) is 0 Å². The predicted octanol–water partition coefficient (Wildman–Crippen LogP) is 4.29. The van der Waals surface area contributed by atoms with E-state index in [1.807, 2.05) is 0 Å². The van der Waals surface area contributed by atoms with Crippen LogP contribution in [0.5, 0.6) is 5.75 Å². The summed E-state index contributed by atoms with van der Waals surface area (Å²) in [4.78, 5) is 12.2. The van der Waals surface area contributed by atoms with Crippen LogP contribution in [0, 0.1) is 11.6 Å². The maximum Gasteiger partial charge on any atom is 0.230 e. The van der Waals surface area contributed by atoms with Crippen LogP contribution in [0.25, 0.3) is 0 Å². The first-order valence-corrected chi connectivity index (χ1v) is 9.73. The first kappa shape index (κ1) is 20.0. The first-order chi connectivity index (χ1) is 14.4. The van der Waals surface area contributed by atoms with E-state index in [4.69, 9.17) is 0 Å². The van der Waals surface area contributed by atoms with Crippen molar-refractivity contribution in [3.8, 4) is 5.75 Å². The van der Waals surface area contributed by atoms with Gasteiger partial charge in [0.15, 0.2) is 0 Å². The van der Waals surface area contributed by atoms with E-state index in [1.165, 1.54) is 36.4 Å². The minimum absolute atomic E-state index is 0.0862. The van der Waals surface area contributed by atoms with Crippen LogP contribution in [0.3, 0.4) is 0 Å². The van der Waals surface area contributed by atoms with E-state index >= 15 is 0 Å². The molecule has 0 spiro atoms. The second-order valence-corrected chi connectivity index (χ2v) is 7.51. The molecule has 1 amide bonds. The number of amides is 1. The number of carbonyl (C=O) groups is 1. The number of halogens is 2. The van der Waals surface area contributed by atoms with Crippen molar-refractivity contribution in [2.45, 2.75) is 30.9 Å². The quantitative estimate of drug-likeness (QED) is 0.532. The van der Waals surface area contributed by atoms with Crippen LogP contribution < -0.4 is 5.32 Å². The van der Waals surface area contributed by atoms with Gasteiger partial charge in [0.1, 0.15) is 17.4 Å². The van der Waals surface area contributed by atoms with Gasteiger partial charge in [0, 0.05) is 0 Å². The van der Waals surface area contributed by atoms with Crippen LogP contribution in [0.2, 0.25) is 0 Å². The first-order valence-electron chi connectivity index (χ1n) is 9.73. The number of hydrogen-bond acceptors (Lipinski definition) is 3. The van der Waals surface area contributed by atoms with Crippen LogP contribution in [0.15, 0.2) is 66.7 Å². The van der Waals surface area contributed by atoms with E-state index in [-0.39, 0.29) is 29.3 Å². The molecule has 30 heavy (non-hydrogen) atoms. The highest BCUT2D eigenvalue weighted by molar-refractivity contribution is 5.91. The van der Waals surface area contributed by atoms with E-state index in [9.17, 15) is 23.8 Å². The summed E-state index contributed by atoms with van der Waals surface area (Å²) < 4.78 is 26.3. The Hall–Kier alpha value is -3.25. The Morgan fingerprint density at radius 3 is 2.13 bits per heavy atom. The Kier molecular flexibility index (Phi) is 5.50. The van der Waals surface area contributed by atoms with Gasteiger partial charge in [-0.1, -0.05) is 36.4 Å². The molecule has 0 bridgehead atoms. The Morgan fingerprint density at radius 1 is 0.900 bits per heavy atom. The minimum Gasteiger partial charge on any atom is -0.508 e. The Morgan fingerprint density at radius 2 is 1.50 bits per heavy atom. The molecule has 1 fully saturated rings. The van der Waals surface area contributed by atoms with E-state index in [0.717, 1.165) is 11.1 Å². The van der Waals surface area contributed by atoms with Gasteiger partial charge in [-0.3, -0.25) is 4.79 Å². The SMILES string of the molecule is O=C1N[C@H](c2ccc(F)cc2)[C@H]1c1ccc(O)c(CC[C@H](O)c2ccc(F)cc2)c1. The summed E-state index contributed by atoms with van der Waals surface area (Å²) in [5.41, 5.74) is 2.77. The third-order valence-corrected chi connectivity index (χ3v) is 5.55. The predicted molar refractivity (Wildman–Crippen MR) is 108 cm³/mol. The monoisotopic (exact) mass is 409 g/mol. The maximum atomic E-state index is 13.2. The largest absolute Gasteiger partial charge is 0.508 e. The number of β-lactam (4-membered cyclic amide) rings is 1. The van der Waals surface area contributed by atoms with Gasteiger partial charge in [0.25, 0.3) is 0 Å². The van der Waals surface area contributed by atoms with E-state index in [1.54, 1.807) is 30.3 Å². The minimum atomic E-state index is -0.798. The van der Waals surface area contributed by atoms with E-state index in [0.29, 0.717) is 24.0 Å². The smallest absolute Gasteiger partial charge is 0.230 e.